The first-order chi connectivity index (χ1) is 14.4. The summed E-state index contributed by atoms with van der Waals surface area (Å²) in [5.41, 5.74) is 0.968. The quantitative estimate of drug-likeness (QED) is 0.536. The Kier molecular flexibility index (Phi) is 7.33. The van der Waals surface area contributed by atoms with Crippen molar-refractivity contribution in [2.45, 2.75) is 39.4 Å². The maximum absolute atomic E-state index is 12.9. The van der Waals surface area contributed by atoms with Crippen molar-refractivity contribution in [2.75, 3.05) is 51.8 Å². The van der Waals surface area contributed by atoms with E-state index in [0.29, 0.717) is 65.5 Å². The highest BCUT2D eigenvalue weighted by molar-refractivity contribution is 7.80. The van der Waals surface area contributed by atoms with Crippen molar-refractivity contribution in [1.82, 2.24) is 9.80 Å². The average Bonchev–Trinajstić information content (AvgIpc) is 3.33. The average molecular weight is 456 g/mol. The van der Waals surface area contributed by atoms with E-state index >= 15 is 0 Å². The summed E-state index contributed by atoms with van der Waals surface area (Å²) in [4.78, 5) is 29.7. The van der Waals surface area contributed by atoms with Gasteiger partial charge in [-0.2, -0.15) is 0 Å². The summed E-state index contributed by atoms with van der Waals surface area (Å²) in [5, 5.41) is 4.23. The van der Waals surface area contributed by atoms with Gasteiger partial charge in [0.05, 0.1) is 30.8 Å². The second-order valence-corrected chi connectivity index (χ2v) is 8.66. The van der Waals surface area contributed by atoms with Crippen LogP contribution in [0.1, 0.15) is 52.3 Å². The number of hydrogen-bond donors (Lipinski definition) is 1. The lowest BCUT2D eigenvalue weighted by Crippen LogP contribution is -2.48. The van der Waals surface area contributed by atoms with Gasteiger partial charge in [-0.15, -0.1) is 11.3 Å². The van der Waals surface area contributed by atoms with Crippen LogP contribution in [-0.4, -0.2) is 79.1 Å². The van der Waals surface area contributed by atoms with Crippen LogP contribution < -0.4 is 5.32 Å². The van der Waals surface area contributed by atoms with Gasteiger partial charge in [-0.1, -0.05) is 0 Å². The van der Waals surface area contributed by atoms with Gasteiger partial charge in [0.25, 0.3) is 5.91 Å². The number of nitrogens with one attached hydrogen (secondary N) is 1. The van der Waals surface area contributed by atoms with Gasteiger partial charge in [0.2, 0.25) is 0 Å². The van der Waals surface area contributed by atoms with E-state index in [1.807, 2.05) is 18.7 Å². The first-order valence-electron chi connectivity index (χ1n) is 10.2. The van der Waals surface area contributed by atoms with E-state index in [9.17, 15) is 9.59 Å². The number of methoxy groups -OCH3 is 1. The molecule has 2 aliphatic rings. The van der Waals surface area contributed by atoms with E-state index < -0.39 is 11.8 Å². The van der Waals surface area contributed by atoms with E-state index in [1.165, 1.54) is 18.4 Å². The summed E-state index contributed by atoms with van der Waals surface area (Å²) in [7, 11) is 1.33. The lowest BCUT2D eigenvalue weighted by atomic mass is 10.0. The van der Waals surface area contributed by atoms with E-state index in [4.69, 9.17) is 26.4 Å². The number of esters is 1. The third-order valence-corrected chi connectivity index (χ3v) is 7.18. The molecule has 0 unspecified atom stereocenters. The van der Waals surface area contributed by atoms with Crippen molar-refractivity contribution in [2.24, 2.45) is 0 Å². The molecule has 0 radical (unpaired) electrons. The van der Waals surface area contributed by atoms with Crippen molar-refractivity contribution in [3.63, 3.8) is 0 Å². The Bertz CT molecular complexity index is 806. The zero-order chi connectivity index (χ0) is 21.9. The maximum atomic E-state index is 12.9. The molecule has 30 heavy (non-hydrogen) atoms. The highest BCUT2D eigenvalue weighted by Gasteiger charge is 2.40. The number of rotatable bonds is 5. The largest absolute Gasteiger partial charge is 0.465 e. The van der Waals surface area contributed by atoms with E-state index in [2.05, 4.69) is 5.32 Å². The predicted molar refractivity (Wildman–Crippen MR) is 119 cm³/mol. The topological polar surface area (TPSA) is 80.3 Å². The normalized spacial score (nSPS) is 17.8. The van der Waals surface area contributed by atoms with Crippen LogP contribution in [-0.2, 0) is 14.2 Å². The molecule has 10 heteroatoms. The van der Waals surface area contributed by atoms with Crippen LogP contribution in [0.5, 0.6) is 0 Å². The third kappa shape index (κ3) is 4.46. The SMILES string of the molecule is CCN(CC)C(=O)c1sc(NC(=S)N2CCC3(CC2)OCCO3)c(C(=O)OC)c1C. The van der Waals surface area contributed by atoms with Gasteiger partial charge in [0.1, 0.15) is 5.00 Å². The van der Waals surface area contributed by atoms with Crippen molar-refractivity contribution in [1.29, 1.82) is 0 Å². The van der Waals surface area contributed by atoms with Crippen molar-refractivity contribution in [3.05, 3.63) is 16.0 Å². The standard InChI is InChI=1S/C20H29N3O5S2/c1-5-22(6-2)17(24)15-13(3)14(18(25)26-4)16(30-15)21-19(29)23-9-7-20(8-10-23)27-11-12-28-20/h5-12H2,1-4H3,(H,21,29). The number of thiocarbonyl (C=S) groups is 1. The van der Waals surface area contributed by atoms with Crippen LogP contribution in [0, 0.1) is 6.92 Å². The monoisotopic (exact) mass is 455 g/mol. The number of likely N-dealkylation sites (tertiary alicyclic amines) is 1. The molecule has 8 nitrogen and oxygen atoms in total. The zero-order valence-corrected chi connectivity index (χ0v) is 19.5. The van der Waals surface area contributed by atoms with Gasteiger partial charge < -0.3 is 29.3 Å². The van der Waals surface area contributed by atoms with Crippen molar-refractivity contribution in [3.8, 4) is 0 Å². The third-order valence-electron chi connectivity index (χ3n) is 5.63. The minimum atomic E-state index is -0.488. The zero-order valence-electron chi connectivity index (χ0n) is 17.9. The minimum Gasteiger partial charge on any atom is -0.465 e. The van der Waals surface area contributed by atoms with Crippen LogP contribution >= 0.6 is 23.6 Å². The second kappa shape index (κ2) is 9.59. The molecular formula is C20H29N3O5S2. The summed E-state index contributed by atoms with van der Waals surface area (Å²) in [6, 6.07) is 0. The molecule has 3 heterocycles. The summed E-state index contributed by atoms with van der Waals surface area (Å²) in [5.74, 6) is -1.06. The summed E-state index contributed by atoms with van der Waals surface area (Å²) < 4.78 is 16.5. The molecule has 0 saturated carbocycles. The molecule has 1 aromatic rings. The number of ether oxygens (including phenoxy) is 3. The molecule has 2 fully saturated rings. The van der Waals surface area contributed by atoms with E-state index in [0.717, 1.165) is 12.8 Å². The van der Waals surface area contributed by atoms with Gasteiger partial charge in [-0.05, 0) is 38.6 Å². The van der Waals surface area contributed by atoms with E-state index in [1.54, 1.807) is 11.8 Å². The number of carbonyl (C=O) groups is 2. The van der Waals surface area contributed by atoms with Crippen molar-refractivity contribution < 1.29 is 23.8 Å². The van der Waals surface area contributed by atoms with Gasteiger partial charge in [-0.25, -0.2) is 4.79 Å². The molecule has 3 rings (SSSR count). The fraction of sp³-hybridized carbons (Fsp3) is 0.650. The van der Waals surface area contributed by atoms with Gasteiger partial charge in [0.15, 0.2) is 10.9 Å². The van der Waals surface area contributed by atoms with Crippen LogP contribution in [0.3, 0.4) is 0 Å². The molecule has 2 aliphatic heterocycles. The van der Waals surface area contributed by atoms with Crippen LogP contribution in [0.25, 0.3) is 0 Å². The van der Waals surface area contributed by atoms with Gasteiger partial charge in [-0.3, -0.25) is 4.79 Å². The molecular weight excluding hydrogens is 426 g/mol. The Morgan fingerprint density at radius 1 is 1.23 bits per heavy atom. The number of amides is 1. The fourth-order valence-electron chi connectivity index (χ4n) is 3.82. The number of carbonyl (C=O) groups excluding carboxylic acids is 2. The fourth-order valence-corrected chi connectivity index (χ4v) is 5.33. The van der Waals surface area contributed by atoms with E-state index in [-0.39, 0.29) is 5.91 Å². The Hall–Kier alpha value is -1.75. The first-order valence-corrected chi connectivity index (χ1v) is 11.4. The molecule has 1 aromatic heterocycles. The molecule has 0 bridgehead atoms. The van der Waals surface area contributed by atoms with Gasteiger partial charge >= 0.3 is 5.97 Å². The molecule has 166 valence electrons. The van der Waals surface area contributed by atoms with Crippen molar-refractivity contribution >= 4 is 45.5 Å². The Morgan fingerprint density at radius 2 is 1.83 bits per heavy atom. The molecule has 1 amide bonds. The molecule has 0 aliphatic carbocycles. The lowest BCUT2D eigenvalue weighted by Gasteiger charge is -2.38. The molecule has 1 N–H and O–H groups in total. The maximum Gasteiger partial charge on any atom is 0.341 e. The highest BCUT2D eigenvalue weighted by Crippen LogP contribution is 2.36. The summed E-state index contributed by atoms with van der Waals surface area (Å²) in [6.07, 6.45) is 1.46. The number of piperidine rings is 1. The smallest absolute Gasteiger partial charge is 0.341 e. The number of hydrogen-bond acceptors (Lipinski definition) is 7. The molecule has 0 atom stereocenters. The van der Waals surface area contributed by atoms with Crippen LogP contribution in [0.2, 0.25) is 0 Å². The molecule has 0 aromatic carbocycles. The highest BCUT2D eigenvalue weighted by atomic mass is 32.1. The Morgan fingerprint density at radius 3 is 2.37 bits per heavy atom. The number of thiophene rings is 1. The predicted octanol–water partition coefficient (Wildman–Crippen LogP) is 2.86. The Labute approximate surface area is 186 Å². The minimum absolute atomic E-state index is 0.0953. The van der Waals surface area contributed by atoms with Crippen LogP contribution in [0.15, 0.2) is 0 Å². The molecule has 1 spiro atoms. The van der Waals surface area contributed by atoms with Gasteiger partial charge in [0, 0.05) is 39.0 Å². The molecule has 2 saturated heterocycles. The second-order valence-electron chi connectivity index (χ2n) is 7.25. The number of anilines is 1. The summed E-state index contributed by atoms with van der Waals surface area (Å²) in [6.45, 7) is 9.47. The lowest BCUT2D eigenvalue weighted by molar-refractivity contribution is -0.180. The number of nitrogens with zero attached hydrogens (tertiary/aromatic N) is 2. The summed E-state index contributed by atoms with van der Waals surface area (Å²) >= 11 is 6.85. The first kappa shape index (κ1) is 22.9. The van der Waals surface area contributed by atoms with Crippen LogP contribution in [0.4, 0.5) is 5.00 Å². The Balaban J connectivity index is 1.79.